The molecule has 0 saturated carbocycles. The molecule has 1 saturated heterocycles. The molecule has 1 aliphatic heterocycles. The quantitative estimate of drug-likeness (QED) is 0.945. The zero-order valence-corrected chi connectivity index (χ0v) is 13.4. The number of anilines is 1. The number of ether oxygens (including phenoxy) is 1. The predicted octanol–water partition coefficient (Wildman–Crippen LogP) is 3.15. The molecular formula is C17H21N3O3. The van der Waals surface area contributed by atoms with Crippen LogP contribution in [-0.2, 0) is 11.2 Å². The van der Waals surface area contributed by atoms with Gasteiger partial charge in [0.2, 0.25) is 0 Å². The predicted molar refractivity (Wildman–Crippen MR) is 86.3 cm³/mol. The van der Waals surface area contributed by atoms with Crippen LogP contribution in [0.4, 0.5) is 10.5 Å². The zero-order valence-electron chi connectivity index (χ0n) is 13.4. The van der Waals surface area contributed by atoms with Gasteiger partial charge in [-0.2, -0.15) is 0 Å². The van der Waals surface area contributed by atoms with E-state index >= 15 is 0 Å². The Morgan fingerprint density at radius 2 is 2.30 bits per heavy atom. The molecule has 0 spiro atoms. The summed E-state index contributed by atoms with van der Waals surface area (Å²) in [6.07, 6.45) is 2.51. The number of morpholine rings is 1. The van der Waals surface area contributed by atoms with Crippen LogP contribution in [-0.4, -0.2) is 35.7 Å². The molecule has 122 valence electrons. The number of aromatic nitrogens is 1. The van der Waals surface area contributed by atoms with Crippen molar-refractivity contribution in [1.82, 2.24) is 9.88 Å². The molecule has 1 N–H and O–H groups in total. The molecule has 1 atom stereocenters. The van der Waals surface area contributed by atoms with Crippen molar-refractivity contribution in [3.63, 3.8) is 0 Å². The molecule has 3 rings (SSSR count). The first-order chi connectivity index (χ1) is 11.2. The largest absolute Gasteiger partial charge is 0.464 e. The van der Waals surface area contributed by atoms with E-state index < -0.39 is 0 Å². The van der Waals surface area contributed by atoms with Gasteiger partial charge in [0.1, 0.15) is 17.6 Å². The van der Waals surface area contributed by atoms with Gasteiger partial charge in [-0.15, -0.1) is 0 Å². The van der Waals surface area contributed by atoms with Crippen LogP contribution >= 0.6 is 0 Å². The highest BCUT2D eigenvalue weighted by Crippen LogP contribution is 2.27. The molecule has 0 unspecified atom stereocenters. The number of carbonyl (C=O) groups excluding carboxylic acids is 1. The number of hydrogen-bond acceptors (Lipinski definition) is 4. The van der Waals surface area contributed by atoms with Crippen LogP contribution in [0.1, 0.15) is 30.2 Å². The molecule has 2 aromatic heterocycles. The van der Waals surface area contributed by atoms with Gasteiger partial charge in [-0.25, -0.2) is 4.79 Å². The summed E-state index contributed by atoms with van der Waals surface area (Å²) in [6, 6.07) is 7.14. The molecule has 0 aliphatic carbocycles. The maximum Gasteiger partial charge on any atom is 0.322 e. The molecule has 2 amide bonds. The molecule has 0 aromatic carbocycles. The molecule has 6 nitrogen and oxygen atoms in total. The molecule has 1 aliphatic rings. The van der Waals surface area contributed by atoms with Crippen molar-refractivity contribution >= 4 is 11.7 Å². The van der Waals surface area contributed by atoms with Gasteiger partial charge in [-0.05, 0) is 31.2 Å². The lowest BCUT2D eigenvalue weighted by molar-refractivity contribution is 0.00702. The monoisotopic (exact) mass is 315 g/mol. The first-order valence-electron chi connectivity index (χ1n) is 7.84. The van der Waals surface area contributed by atoms with Crippen molar-refractivity contribution in [2.75, 3.05) is 25.1 Å². The van der Waals surface area contributed by atoms with Gasteiger partial charge in [0.25, 0.3) is 0 Å². The summed E-state index contributed by atoms with van der Waals surface area (Å²) < 4.78 is 11.3. The van der Waals surface area contributed by atoms with E-state index in [1.807, 2.05) is 32.0 Å². The third-order valence-corrected chi connectivity index (χ3v) is 3.90. The molecule has 1 fully saturated rings. The number of furan rings is 1. The Bertz CT molecular complexity index is 683. The molecule has 23 heavy (non-hydrogen) atoms. The van der Waals surface area contributed by atoms with Gasteiger partial charge in [-0.1, -0.05) is 6.92 Å². The standard InChI is InChI=1S/C17H21N3O3/c1-3-14-4-5-16(23-14)15-11-22-9-8-20(15)17(21)19-13-6-7-18-12(2)10-13/h4-7,10,15H,3,8-9,11H2,1-2H3,(H,18,19,21)/t15-/m1/s1. The number of nitrogens with zero attached hydrogens (tertiary/aromatic N) is 2. The third kappa shape index (κ3) is 3.53. The smallest absolute Gasteiger partial charge is 0.322 e. The SMILES string of the molecule is CCc1ccc([C@H]2COCCN2C(=O)Nc2ccnc(C)c2)o1. The Hall–Kier alpha value is -2.34. The molecule has 0 bridgehead atoms. The summed E-state index contributed by atoms with van der Waals surface area (Å²) in [6.45, 7) is 5.43. The summed E-state index contributed by atoms with van der Waals surface area (Å²) in [5.41, 5.74) is 1.60. The summed E-state index contributed by atoms with van der Waals surface area (Å²) >= 11 is 0. The van der Waals surface area contributed by atoms with Crippen LogP contribution in [0.2, 0.25) is 0 Å². The van der Waals surface area contributed by atoms with Gasteiger partial charge in [0.05, 0.1) is 13.2 Å². The van der Waals surface area contributed by atoms with E-state index in [1.165, 1.54) is 0 Å². The number of amides is 2. The third-order valence-electron chi connectivity index (χ3n) is 3.90. The van der Waals surface area contributed by atoms with Crippen LogP contribution in [0, 0.1) is 6.92 Å². The first kappa shape index (κ1) is 15.6. The minimum atomic E-state index is -0.202. The van der Waals surface area contributed by atoms with E-state index in [-0.39, 0.29) is 12.1 Å². The molecule has 0 radical (unpaired) electrons. The van der Waals surface area contributed by atoms with Crippen LogP contribution < -0.4 is 5.32 Å². The minimum absolute atomic E-state index is 0.154. The Balaban J connectivity index is 1.76. The zero-order chi connectivity index (χ0) is 16.2. The molecule has 6 heteroatoms. The summed E-state index contributed by atoms with van der Waals surface area (Å²) in [4.78, 5) is 18.5. The van der Waals surface area contributed by atoms with Crippen molar-refractivity contribution in [2.24, 2.45) is 0 Å². The van der Waals surface area contributed by atoms with Crippen LogP contribution in [0.25, 0.3) is 0 Å². The second kappa shape index (κ2) is 6.83. The maximum absolute atomic E-state index is 12.6. The van der Waals surface area contributed by atoms with Gasteiger partial charge >= 0.3 is 6.03 Å². The Morgan fingerprint density at radius 1 is 1.43 bits per heavy atom. The fourth-order valence-corrected chi connectivity index (χ4v) is 2.66. The van der Waals surface area contributed by atoms with Crippen molar-refractivity contribution in [1.29, 1.82) is 0 Å². The average molecular weight is 315 g/mol. The lowest BCUT2D eigenvalue weighted by atomic mass is 10.2. The van der Waals surface area contributed by atoms with Crippen molar-refractivity contribution in [3.05, 3.63) is 47.7 Å². The van der Waals surface area contributed by atoms with E-state index in [9.17, 15) is 4.79 Å². The summed E-state index contributed by atoms with van der Waals surface area (Å²) in [5, 5.41) is 2.92. The number of aryl methyl sites for hydroxylation is 2. The van der Waals surface area contributed by atoms with E-state index in [0.29, 0.717) is 19.8 Å². The van der Waals surface area contributed by atoms with E-state index in [0.717, 1.165) is 29.3 Å². The first-order valence-corrected chi connectivity index (χ1v) is 7.84. The number of urea groups is 1. The number of carbonyl (C=O) groups is 1. The fraction of sp³-hybridized carbons (Fsp3) is 0.412. The average Bonchev–Trinajstić information content (AvgIpc) is 3.04. The highest BCUT2D eigenvalue weighted by molar-refractivity contribution is 5.89. The highest BCUT2D eigenvalue weighted by Gasteiger charge is 2.31. The summed E-state index contributed by atoms with van der Waals surface area (Å²) in [5.74, 6) is 1.68. The number of hydrogen-bond donors (Lipinski definition) is 1. The van der Waals surface area contributed by atoms with Crippen molar-refractivity contribution < 1.29 is 13.9 Å². The Morgan fingerprint density at radius 3 is 3.04 bits per heavy atom. The van der Waals surface area contributed by atoms with Crippen molar-refractivity contribution in [3.8, 4) is 0 Å². The molecular weight excluding hydrogens is 294 g/mol. The van der Waals surface area contributed by atoms with Crippen molar-refractivity contribution in [2.45, 2.75) is 26.3 Å². The lowest BCUT2D eigenvalue weighted by Crippen LogP contribution is -2.45. The fourth-order valence-electron chi connectivity index (χ4n) is 2.66. The van der Waals surface area contributed by atoms with E-state index in [1.54, 1.807) is 17.2 Å². The van der Waals surface area contributed by atoms with Gasteiger partial charge in [-0.3, -0.25) is 4.98 Å². The lowest BCUT2D eigenvalue weighted by Gasteiger charge is -2.34. The highest BCUT2D eigenvalue weighted by atomic mass is 16.5. The second-order valence-corrected chi connectivity index (χ2v) is 5.56. The maximum atomic E-state index is 12.6. The van der Waals surface area contributed by atoms with Crippen LogP contribution in [0.3, 0.4) is 0 Å². The normalized spacial score (nSPS) is 18.0. The van der Waals surface area contributed by atoms with E-state index in [4.69, 9.17) is 9.15 Å². The topological polar surface area (TPSA) is 67.6 Å². The number of pyridine rings is 1. The summed E-state index contributed by atoms with van der Waals surface area (Å²) in [7, 11) is 0. The molecule has 2 aromatic rings. The van der Waals surface area contributed by atoms with Gasteiger partial charge < -0.3 is 19.4 Å². The molecule has 3 heterocycles. The number of rotatable bonds is 3. The second-order valence-electron chi connectivity index (χ2n) is 5.56. The van der Waals surface area contributed by atoms with E-state index in [2.05, 4.69) is 10.3 Å². The van der Waals surface area contributed by atoms with Crippen LogP contribution in [0.5, 0.6) is 0 Å². The van der Waals surface area contributed by atoms with Gasteiger partial charge in [0, 0.05) is 30.5 Å². The van der Waals surface area contributed by atoms with Crippen LogP contribution in [0.15, 0.2) is 34.9 Å². The Labute approximate surface area is 135 Å². The number of nitrogens with one attached hydrogen (secondary N) is 1. The minimum Gasteiger partial charge on any atom is -0.464 e. The Kier molecular flexibility index (Phi) is 4.62. The van der Waals surface area contributed by atoms with Gasteiger partial charge in [0.15, 0.2) is 0 Å².